The van der Waals surface area contributed by atoms with Crippen LogP contribution >= 0.6 is 0 Å². The van der Waals surface area contributed by atoms with Gasteiger partial charge < -0.3 is 16.0 Å². The number of hydrogen-bond acceptors (Lipinski definition) is 12. The molecule has 1 saturated heterocycles. The van der Waals surface area contributed by atoms with E-state index in [0.717, 1.165) is 0 Å². The molecule has 0 bridgehead atoms. The first-order valence-electron chi connectivity index (χ1n) is 17.6. The Labute approximate surface area is 303 Å². The van der Waals surface area contributed by atoms with Gasteiger partial charge in [0.05, 0.1) is 26.2 Å². The molecular weight excluding hydrogens is 678 g/mol. The number of Topliss-reactive ketones (excluding diaryl/α,β-unsaturated/α-hetero) is 1. The summed E-state index contributed by atoms with van der Waals surface area (Å²) in [5, 5.41) is 22.5. The molecule has 1 rings (SSSR count). The summed E-state index contributed by atoms with van der Waals surface area (Å²) in [6, 6.07) is 0. The van der Waals surface area contributed by atoms with E-state index in [0.29, 0.717) is 117 Å². The van der Waals surface area contributed by atoms with Crippen molar-refractivity contribution in [2.75, 3.05) is 124 Å². The first-order chi connectivity index (χ1) is 25.3. The monoisotopic (exact) mass is 731 g/mol. The Morgan fingerprint density at radius 3 is 1.04 bits per heavy atom. The van der Waals surface area contributed by atoms with Crippen LogP contribution in [0, 0.1) is 0 Å². The summed E-state index contributed by atoms with van der Waals surface area (Å²) in [7, 11) is 0. The number of nitrogens with one attached hydrogen (secondary N) is 3. The standard InChI is InChI=1S/C29H53N19O4/c30-41-37-10-2-1-6-26(49)22-45-14-16-46(23-27(50)34-7-3-11-38-42-31)18-20-48(25-29(52)36-9-5-13-40-44-33)21-19-47(17-15-45)24-28(51)35-8-4-12-39-43-32/h1-25H2,(H,34,50)(H,35,51)(H,36,52). The number of ketones is 1. The van der Waals surface area contributed by atoms with Gasteiger partial charge in [-0.2, -0.15) is 0 Å². The van der Waals surface area contributed by atoms with Gasteiger partial charge in [0.25, 0.3) is 0 Å². The molecule has 0 aromatic carbocycles. The molecule has 1 fully saturated rings. The fraction of sp³-hybridized carbons (Fsp3) is 0.862. The van der Waals surface area contributed by atoms with Crippen LogP contribution in [0.3, 0.4) is 0 Å². The lowest BCUT2D eigenvalue weighted by molar-refractivity contribution is -0.124. The van der Waals surface area contributed by atoms with Crippen LogP contribution in [0.4, 0.5) is 0 Å². The van der Waals surface area contributed by atoms with Crippen LogP contribution in [0.25, 0.3) is 41.8 Å². The van der Waals surface area contributed by atoms with Gasteiger partial charge in [-0.1, -0.05) is 20.5 Å². The molecule has 288 valence electrons. The predicted octanol–water partition coefficient (Wildman–Crippen LogP) is 1.71. The SMILES string of the molecule is [N-]=[N+]=NCCCCC(=O)CN1CCN(CC(=O)NCCCN=[N+]=[N-])CCN(CC(=O)NCCCN=[N+]=[N-])CCN(CC(=O)NCCCN=[N+]=[N-])CC1. The smallest absolute Gasteiger partial charge is 0.234 e. The topological polar surface area (TPSA) is 312 Å². The number of nitrogens with zero attached hydrogens (tertiary/aromatic N) is 16. The largest absolute Gasteiger partial charge is 0.355 e. The molecule has 0 radical (unpaired) electrons. The molecule has 0 aliphatic carbocycles. The third kappa shape index (κ3) is 25.2. The quantitative estimate of drug-likeness (QED) is 0.0536. The fourth-order valence-electron chi connectivity index (χ4n) is 5.13. The second kappa shape index (κ2) is 30.9. The molecule has 0 aromatic heterocycles. The highest BCUT2D eigenvalue weighted by Gasteiger charge is 2.21. The second-order valence-corrected chi connectivity index (χ2v) is 12.0. The van der Waals surface area contributed by atoms with Crippen molar-refractivity contribution in [3.63, 3.8) is 0 Å². The Kier molecular flexibility index (Phi) is 26.9. The Morgan fingerprint density at radius 2 is 0.731 bits per heavy atom. The van der Waals surface area contributed by atoms with E-state index in [1.807, 2.05) is 19.6 Å². The van der Waals surface area contributed by atoms with Crippen LogP contribution in [0.2, 0.25) is 0 Å². The highest BCUT2D eigenvalue weighted by Crippen LogP contribution is 2.04. The molecule has 0 unspecified atom stereocenters. The van der Waals surface area contributed by atoms with Crippen LogP contribution in [-0.2, 0) is 19.2 Å². The van der Waals surface area contributed by atoms with Crippen LogP contribution in [0.1, 0.15) is 38.5 Å². The average Bonchev–Trinajstić information content (AvgIpc) is 3.12. The lowest BCUT2D eigenvalue weighted by Gasteiger charge is -2.33. The van der Waals surface area contributed by atoms with Gasteiger partial charge in [-0.25, -0.2) is 0 Å². The van der Waals surface area contributed by atoms with Crippen molar-refractivity contribution >= 4 is 23.5 Å². The zero-order chi connectivity index (χ0) is 38.1. The maximum Gasteiger partial charge on any atom is 0.234 e. The minimum Gasteiger partial charge on any atom is -0.355 e. The molecule has 23 heteroatoms. The van der Waals surface area contributed by atoms with Crippen molar-refractivity contribution < 1.29 is 19.2 Å². The minimum absolute atomic E-state index is 0.0401. The summed E-state index contributed by atoms with van der Waals surface area (Å²) in [4.78, 5) is 70.4. The third-order valence-corrected chi connectivity index (χ3v) is 7.92. The molecule has 0 spiro atoms. The average molecular weight is 732 g/mol. The Balaban J connectivity index is 3.09. The van der Waals surface area contributed by atoms with Gasteiger partial charge >= 0.3 is 0 Å². The van der Waals surface area contributed by atoms with E-state index in [9.17, 15) is 19.2 Å². The molecule has 3 amide bonds. The number of carbonyl (C=O) groups is 4. The fourth-order valence-corrected chi connectivity index (χ4v) is 5.13. The van der Waals surface area contributed by atoms with Gasteiger partial charge in [-0.3, -0.25) is 38.8 Å². The van der Waals surface area contributed by atoms with Crippen molar-refractivity contribution in [2.45, 2.75) is 38.5 Å². The maximum atomic E-state index is 13.0. The number of rotatable bonds is 25. The maximum absolute atomic E-state index is 13.0. The molecule has 0 saturated carbocycles. The Bertz CT molecular complexity index is 1070. The van der Waals surface area contributed by atoms with E-state index in [1.54, 1.807) is 0 Å². The summed E-state index contributed by atoms with van der Waals surface area (Å²) >= 11 is 0. The van der Waals surface area contributed by atoms with Gasteiger partial charge in [0.2, 0.25) is 17.7 Å². The van der Waals surface area contributed by atoms with Crippen LogP contribution in [0.5, 0.6) is 0 Å². The minimum atomic E-state index is -0.203. The molecule has 0 aromatic rings. The van der Waals surface area contributed by atoms with Gasteiger partial charge in [-0.05, 0) is 54.2 Å². The van der Waals surface area contributed by atoms with Crippen LogP contribution < -0.4 is 16.0 Å². The molecule has 23 nitrogen and oxygen atoms in total. The van der Waals surface area contributed by atoms with E-state index >= 15 is 0 Å². The van der Waals surface area contributed by atoms with E-state index in [4.69, 9.17) is 22.1 Å². The van der Waals surface area contributed by atoms with Gasteiger partial charge in [0.15, 0.2) is 0 Å². The lowest BCUT2D eigenvalue weighted by atomic mass is 10.1. The number of amides is 3. The zero-order valence-electron chi connectivity index (χ0n) is 30.0. The summed E-state index contributed by atoms with van der Waals surface area (Å²) in [5.74, 6) is -0.558. The van der Waals surface area contributed by atoms with E-state index < -0.39 is 0 Å². The van der Waals surface area contributed by atoms with E-state index in [-0.39, 0.29) is 69.3 Å². The molecule has 1 aliphatic rings. The molecule has 0 atom stereocenters. The summed E-state index contributed by atoms with van der Waals surface area (Å²) in [5.41, 5.74) is 33.9. The third-order valence-electron chi connectivity index (χ3n) is 7.92. The van der Waals surface area contributed by atoms with Crippen molar-refractivity contribution in [1.82, 2.24) is 35.6 Å². The van der Waals surface area contributed by atoms with E-state index in [2.05, 4.69) is 56.1 Å². The van der Waals surface area contributed by atoms with Crippen LogP contribution in [-0.4, -0.2) is 167 Å². The molecule has 3 N–H and O–H groups in total. The summed E-state index contributed by atoms with van der Waals surface area (Å²) in [6.45, 7) is 6.31. The zero-order valence-corrected chi connectivity index (χ0v) is 30.0. The first-order valence-corrected chi connectivity index (χ1v) is 17.6. The van der Waals surface area contributed by atoms with Crippen molar-refractivity contribution in [3.8, 4) is 0 Å². The van der Waals surface area contributed by atoms with Crippen molar-refractivity contribution in [1.29, 1.82) is 0 Å². The van der Waals surface area contributed by atoms with Crippen molar-refractivity contribution in [2.24, 2.45) is 20.5 Å². The van der Waals surface area contributed by atoms with Crippen LogP contribution in [0.15, 0.2) is 20.5 Å². The first kappa shape index (κ1) is 45.2. The normalized spacial score (nSPS) is 14.8. The Morgan fingerprint density at radius 1 is 0.442 bits per heavy atom. The van der Waals surface area contributed by atoms with Gasteiger partial charge in [-0.15, -0.1) is 0 Å². The highest BCUT2D eigenvalue weighted by molar-refractivity contribution is 5.80. The highest BCUT2D eigenvalue weighted by atomic mass is 16.2. The van der Waals surface area contributed by atoms with Gasteiger partial charge in [0, 0.05) is 124 Å². The van der Waals surface area contributed by atoms with Gasteiger partial charge in [0.1, 0.15) is 5.78 Å². The number of azide groups is 4. The second-order valence-electron chi connectivity index (χ2n) is 12.0. The number of unbranched alkanes of at least 4 members (excludes halogenated alkanes) is 1. The summed E-state index contributed by atoms with van der Waals surface area (Å²) in [6.07, 6.45) is 3.06. The number of carbonyl (C=O) groups excluding carboxylic acids is 4. The predicted molar refractivity (Wildman–Crippen MR) is 194 cm³/mol. The molecular formula is C29H53N19O4. The van der Waals surface area contributed by atoms with E-state index in [1.165, 1.54) is 0 Å². The molecule has 1 heterocycles. The lowest BCUT2D eigenvalue weighted by Crippen LogP contribution is -2.51. The molecule has 52 heavy (non-hydrogen) atoms. The van der Waals surface area contributed by atoms with Crippen molar-refractivity contribution in [3.05, 3.63) is 41.8 Å². The Hall–Kier alpha value is -4.84. The number of hydrogen-bond donors (Lipinski definition) is 3. The summed E-state index contributed by atoms with van der Waals surface area (Å²) < 4.78 is 0. The molecule has 1 aliphatic heterocycles.